The summed E-state index contributed by atoms with van der Waals surface area (Å²) in [6, 6.07) is 4.09. The Morgan fingerprint density at radius 2 is 2.48 bits per heavy atom. The number of nitrogens with zero attached hydrogens (tertiary/aromatic N) is 3. The van der Waals surface area contributed by atoms with Crippen LogP contribution < -0.4 is 5.32 Å². The topological polar surface area (TPSA) is 50.2 Å². The molecule has 6 heteroatoms. The summed E-state index contributed by atoms with van der Waals surface area (Å²) in [6.07, 6.45) is 5.68. The van der Waals surface area contributed by atoms with Crippen LogP contribution in [0.25, 0.3) is 0 Å². The van der Waals surface area contributed by atoms with E-state index in [9.17, 15) is 4.79 Å². The van der Waals surface area contributed by atoms with Gasteiger partial charge in [-0.25, -0.2) is 0 Å². The van der Waals surface area contributed by atoms with E-state index in [-0.39, 0.29) is 17.7 Å². The predicted octanol–water partition coefficient (Wildman–Crippen LogP) is 2.00. The molecule has 0 bridgehead atoms. The van der Waals surface area contributed by atoms with E-state index in [0.717, 1.165) is 18.7 Å². The molecule has 2 atom stereocenters. The fourth-order valence-corrected chi connectivity index (χ4v) is 3.85. The second-order valence-electron chi connectivity index (χ2n) is 5.91. The van der Waals surface area contributed by atoms with Gasteiger partial charge in [0.1, 0.15) is 0 Å². The van der Waals surface area contributed by atoms with Crippen molar-refractivity contribution >= 4 is 17.2 Å². The largest absolute Gasteiger partial charge is 0.334 e. The van der Waals surface area contributed by atoms with E-state index >= 15 is 0 Å². The molecule has 3 heterocycles. The molecular formula is C17H22N4OS. The van der Waals surface area contributed by atoms with Crippen molar-refractivity contribution in [2.45, 2.75) is 12.5 Å². The molecule has 3 rings (SSSR count). The van der Waals surface area contributed by atoms with Crippen molar-refractivity contribution < 1.29 is 4.79 Å². The second-order valence-corrected chi connectivity index (χ2v) is 6.94. The Morgan fingerprint density at radius 1 is 1.61 bits per heavy atom. The maximum atomic E-state index is 13.1. The Balaban J connectivity index is 1.76. The predicted molar refractivity (Wildman–Crippen MR) is 92.2 cm³/mol. The first kappa shape index (κ1) is 16.0. The summed E-state index contributed by atoms with van der Waals surface area (Å²) < 4.78 is 1.79. The average molecular weight is 330 g/mol. The quantitative estimate of drug-likeness (QED) is 0.824. The highest BCUT2D eigenvalue weighted by Gasteiger charge is 2.36. The number of amides is 1. The molecule has 0 spiro atoms. The Kier molecular flexibility index (Phi) is 4.93. The minimum absolute atomic E-state index is 0.0425. The van der Waals surface area contributed by atoms with Gasteiger partial charge in [-0.1, -0.05) is 12.1 Å². The Labute approximate surface area is 140 Å². The van der Waals surface area contributed by atoms with Gasteiger partial charge in [-0.2, -0.15) is 5.10 Å². The molecule has 1 N–H and O–H groups in total. The van der Waals surface area contributed by atoms with Crippen molar-refractivity contribution in [1.29, 1.82) is 0 Å². The van der Waals surface area contributed by atoms with Gasteiger partial charge in [0.05, 0.1) is 18.7 Å². The first-order chi connectivity index (χ1) is 11.2. The SMILES string of the molecule is C=CCN(Cc1cccs1)C(=O)[C@H]1CNC[C@@H]1c1cnn(C)c1. The molecule has 23 heavy (non-hydrogen) atoms. The molecule has 2 aromatic heterocycles. The van der Waals surface area contributed by atoms with Crippen LogP contribution in [-0.4, -0.2) is 40.2 Å². The van der Waals surface area contributed by atoms with Gasteiger partial charge < -0.3 is 10.2 Å². The molecule has 0 radical (unpaired) electrons. The summed E-state index contributed by atoms with van der Waals surface area (Å²) in [5, 5.41) is 9.65. The minimum Gasteiger partial charge on any atom is -0.334 e. The molecule has 1 fully saturated rings. The lowest BCUT2D eigenvalue weighted by Gasteiger charge is -2.26. The molecule has 1 amide bonds. The van der Waals surface area contributed by atoms with E-state index in [0.29, 0.717) is 13.1 Å². The number of aryl methyl sites for hydroxylation is 1. The second kappa shape index (κ2) is 7.10. The van der Waals surface area contributed by atoms with Gasteiger partial charge in [-0.3, -0.25) is 9.48 Å². The van der Waals surface area contributed by atoms with E-state index in [4.69, 9.17) is 0 Å². The fourth-order valence-electron chi connectivity index (χ4n) is 3.13. The highest BCUT2D eigenvalue weighted by atomic mass is 32.1. The molecular weight excluding hydrogens is 308 g/mol. The van der Waals surface area contributed by atoms with Gasteiger partial charge in [0, 0.05) is 43.7 Å². The van der Waals surface area contributed by atoms with Crippen LogP contribution in [-0.2, 0) is 18.4 Å². The van der Waals surface area contributed by atoms with Crippen molar-refractivity contribution in [2.75, 3.05) is 19.6 Å². The highest BCUT2D eigenvalue weighted by molar-refractivity contribution is 7.09. The maximum absolute atomic E-state index is 13.1. The minimum atomic E-state index is -0.0425. The lowest BCUT2D eigenvalue weighted by atomic mass is 9.89. The fraction of sp³-hybridized carbons (Fsp3) is 0.412. The summed E-state index contributed by atoms with van der Waals surface area (Å²) >= 11 is 1.68. The highest BCUT2D eigenvalue weighted by Crippen LogP contribution is 2.30. The summed E-state index contributed by atoms with van der Waals surface area (Å²) in [4.78, 5) is 16.2. The van der Waals surface area contributed by atoms with Gasteiger partial charge in [0.25, 0.3) is 0 Å². The zero-order valence-electron chi connectivity index (χ0n) is 13.3. The maximum Gasteiger partial charge on any atom is 0.228 e. The van der Waals surface area contributed by atoms with E-state index in [2.05, 4.69) is 23.1 Å². The zero-order valence-corrected chi connectivity index (χ0v) is 14.1. The van der Waals surface area contributed by atoms with Crippen LogP contribution in [0.4, 0.5) is 0 Å². The third-order valence-electron chi connectivity index (χ3n) is 4.27. The molecule has 1 aliphatic heterocycles. The molecule has 0 aliphatic carbocycles. The van der Waals surface area contributed by atoms with Crippen molar-refractivity contribution in [3.05, 3.63) is 53.0 Å². The lowest BCUT2D eigenvalue weighted by Crippen LogP contribution is -2.38. The molecule has 122 valence electrons. The lowest BCUT2D eigenvalue weighted by molar-refractivity contribution is -0.135. The molecule has 5 nitrogen and oxygen atoms in total. The van der Waals surface area contributed by atoms with E-state index in [1.807, 2.05) is 35.8 Å². The normalized spacial score (nSPS) is 20.6. The molecule has 1 aliphatic rings. The molecule has 0 saturated carbocycles. The number of carbonyl (C=O) groups excluding carboxylic acids is 1. The Morgan fingerprint density at radius 3 is 3.13 bits per heavy atom. The number of carbonyl (C=O) groups is 1. The van der Waals surface area contributed by atoms with Crippen LogP contribution in [0, 0.1) is 5.92 Å². The van der Waals surface area contributed by atoms with Crippen molar-refractivity contribution in [1.82, 2.24) is 20.0 Å². The summed E-state index contributed by atoms with van der Waals surface area (Å²) in [5.41, 5.74) is 1.13. The number of hydrogen-bond donors (Lipinski definition) is 1. The molecule has 0 aromatic carbocycles. The Bertz CT molecular complexity index is 664. The third-order valence-corrected chi connectivity index (χ3v) is 5.13. The molecule has 0 unspecified atom stereocenters. The van der Waals surface area contributed by atoms with E-state index in [1.165, 1.54) is 4.88 Å². The summed E-state index contributed by atoms with van der Waals surface area (Å²) in [7, 11) is 1.91. The van der Waals surface area contributed by atoms with Crippen LogP contribution in [0.3, 0.4) is 0 Å². The number of thiophene rings is 1. The van der Waals surface area contributed by atoms with Crippen molar-refractivity contribution in [2.24, 2.45) is 13.0 Å². The molecule has 2 aromatic rings. The number of rotatable bonds is 6. The van der Waals surface area contributed by atoms with Gasteiger partial charge in [0.2, 0.25) is 5.91 Å². The van der Waals surface area contributed by atoms with Crippen LogP contribution in [0.1, 0.15) is 16.4 Å². The van der Waals surface area contributed by atoms with Crippen LogP contribution >= 0.6 is 11.3 Å². The first-order valence-corrected chi connectivity index (χ1v) is 8.68. The molecule has 1 saturated heterocycles. The average Bonchev–Trinajstić information content (AvgIpc) is 3.26. The van der Waals surface area contributed by atoms with Crippen molar-refractivity contribution in [3.63, 3.8) is 0 Å². The summed E-state index contributed by atoms with van der Waals surface area (Å²) in [6.45, 7) is 6.57. The smallest absolute Gasteiger partial charge is 0.228 e. The number of hydrogen-bond acceptors (Lipinski definition) is 4. The Hall–Kier alpha value is -1.92. The van der Waals surface area contributed by atoms with Gasteiger partial charge in [0.15, 0.2) is 0 Å². The summed E-state index contributed by atoms with van der Waals surface area (Å²) in [5.74, 6) is 0.336. The third kappa shape index (κ3) is 3.54. The van der Waals surface area contributed by atoms with Crippen molar-refractivity contribution in [3.8, 4) is 0 Å². The van der Waals surface area contributed by atoms with Crippen LogP contribution in [0.15, 0.2) is 42.6 Å². The standard InChI is InChI=1S/C17H22N4OS/c1-3-6-21(12-14-5-4-7-23-14)17(22)16-10-18-9-15(16)13-8-19-20(2)11-13/h3-5,7-8,11,15-16,18H,1,6,9-10,12H2,2H3/t15-,16+/m1/s1. The van der Waals surface area contributed by atoms with Gasteiger partial charge >= 0.3 is 0 Å². The first-order valence-electron chi connectivity index (χ1n) is 7.80. The van der Waals surface area contributed by atoms with Gasteiger partial charge in [-0.05, 0) is 17.0 Å². The van der Waals surface area contributed by atoms with Crippen LogP contribution in [0.5, 0.6) is 0 Å². The van der Waals surface area contributed by atoms with Crippen LogP contribution in [0.2, 0.25) is 0 Å². The van der Waals surface area contributed by atoms with E-state index < -0.39 is 0 Å². The zero-order chi connectivity index (χ0) is 16.2. The number of aromatic nitrogens is 2. The van der Waals surface area contributed by atoms with Gasteiger partial charge in [-0.15, -0.1) is 17.9 Å². The monoisotopic (exact) mass is 330 g/mol. The van der Waals surface area contributed by atoms with E-state index in [1.54, 1.807) is 22.1 Å². The number of nitrogens with one attached hydrogen (secondary N) is 1.